The number of rotatable bonds is 19. The molecule has 0 aliphatic heterocycles. The quantitative estimate of drug-likeness (QED) is 0.0732. The lowest BCUT2D eigenvalue weighted by atomic mass is 9.79. The zero-order chi connectivity index (χ0) is 34.2. The molecule has 0 bridgehead atoms. The van der Waals surface area contributed by atoms with Crippen LogP contribution in [0.2, 0.25) is 0 Å². The number of nitrogens with two attached hydrogens (primary N) is 1. The second kappa shape index (κ2) is 18.7. The van der Waals surface area contributed by atoms with Gasteiger partial charge in [0, 0.05) is 5.56 Å². The molecule has 2 N–H and O–H groups in total. The van der Waals surface area contributed by atoms with E-state index in [-0.39, 0.29) is 36.9 Å². The maximum Gasteiger partial charge on any atom is 0.324 e. The highest BCUT2D eigenvalue weighted by Gasteiger charge is 2.47. The van der Waals surface area contributed by atoms with Crippen molar-refractivity contribution in [2.24, 2.45) is 5.41 Å². The van der Waals surface area contributed by atoms with Crippen molar-refractivity contribution in [1.82, 2.24) is 0 Å². The van der Waals surface area contributed by atoms with Crippen molar-refractivity contribution in [2.75, 3.05) is 26.4 Å². The lowest BCUT2D eigenvalue weighted by molar-refractivity contribution is -0.671. The molecule has 2 aromatic rings. The van der Waals surface area contributed by atoms with Gasteiger partial charge in [0.1, 0.15) is 12.3 Å². The number of unbranched alkanes of at least 4 members (excludes halogenated alkanes) is 3. The number of carbonyl (C=O) groups is 2. The summed E-state index contributed by atoms with van der Waals surface area (Å²) in [6, 6.07) is 15.0. The van der Waals surface area contributed by atoms with E-state index in [2.05, 4.69) is 71.6 Å². The van der Waals surface area contributed by atoms with E-state index in [4.69, 9.17) is 14.2 Å². The molecule has 0 amide bonds. The van der Waals surface area contributed by atoms with Crippen LogP contribution in [0.4, 0.5) is 0 Å². The lowest BCUT2D eigenvalue weighted by Gasteiger charge is -2.26. The first-order valence-corrected chi connectivity index (χ1v) is 17.1. The Balaban J connectivity index is 1.76. The molecule has 0 heterocycles. The summed E-state index contributed by atoms with van der Waals surface area (Å²) in [5, 5.41) is 2.44. The fraction of sp³-hybridized carbons (Fsp3) is 0.550. The number of quaternary nitrogens is 1. The second-order valence-corrected chi connectivity index (χ2v) is 14.2. The summed E-state index contributed by atoms with van der Waals surface area (Å²) in [6.07, 6.45) is 10.1. The monoisotopic (exact) mass is 634 g/mol. The molecule has 254 valence electrons. The molecule has 0 unspecified atom stereocenters. The first-order chi connectivity index (χ1) is 21.8. The predicted octanol–water partition coefficient (Wildman–Crippen LogP) is 8.08. The Labute approximate surface area is 279 Å². The van der Waals surface area contributed by atoms with Crippen molar-refractivity contribution in [3.63, 3.8) is 0 Å². The highest BCUT2D eigenvalue weighted by Crippen LogP contribution is 2.33. The zero-order valence-electron chi connectivity index (χ0n) is 29.9. The van der Waals surface area contributed by atoms with Crippen LogP contribution < -0.4 is 10.1 Å². The van der Waals surface area contributed by atoms with Gasteiger partial charge in [0.2, 0.25) is 0 Å². The van der Waals surface area contributed by atoms with E-state index in [1.165, 1.54) is 29.5 Å². The first-order valence-electron chi connectivity index (χ1n) is 17.1. The number of esters is 2. The van der Waals surface area contributed by atoms with Gasteiger partial charge in [-0.1, -0.05) is 78.0 Å². The van der Waals surface area contributed by atoms with Crippen molar-refractivity contribution in [1.29, 1.82) is 0 Å². The van der Waals surface area contributed by atoms with Crippen LogP contribution in [-0.4, -0.2) is 38.3 Å². The van der Waals surface area contributed by atoms with E-state index >= 15 is 0 Å². The minimum atomic E-state index is -1.43. The van der Waals surface area contributed by atoms with Crippen LogP contribution in [-0.2, 0) is 36.4 Å². The number of ether oxygens (including phenoxy) is 3. The molecule has 46 heavy (non-hydrogen) atoms. The molecule has 0 aromatic heterocycles. The van der Waals surface area contributed by atoms with Crippen LogP contribution in [0.3, 0.4) is 0 Å². The predicted molar refractivity (Wildman–Crippen MR) is 189 cm³/mol. The van der Waals surface area contributed by atoms with Crippen LogP contribution >= 0.6 is 0 Å². The average Bonchev–Trinajstić information content (AvgIpc) is 2.99. The van der Waals surface area contributed by atoms with Crippen LogP contribution in [0.25, 0.3) is 6.08 Å². The van der Waals surface area contributed by atoms with Gasteiger partial charge in [0.25, 0.3) is 0 Å². The van der Waals surface area contributed by atoms with E-state index in [0.29, 0.717) is 6.61 Å². The topological polar surface area (TPSA) is 78.4 Å². The summed E-state index contributed by atoms with van der Waals surface area (Å²) < 4.78 is 16.4. The maximum absolute atomic E-state index is 12.8. The third-order valence-corrected chi connectivity index (χ3v) is 8.16. The van der Waals surface area contributed by atoms with E-state index in [9.17, 15) is 9.59 Å². The molecule has 0 saturated heterocycles. The fourth-order valence-corrected chi connectivity index (χ4v) is 5.24. The van der Waals surface area contributed by atoms with Crippen molar-refractivity contribution in [3.8, 4) is 5.75 Å². The third-order valence-electron chi connectivity index (χ3n) is 8.16. The summed E-state index contributed by atoms with van der Waals surface area (Å²) >= 11 is 0. The molecule has 6 heteroatoms. The highest BCUT2D eigenvalue weighted by molar-refractivity contribution is 6.00. The second-order valence-electron chi connectivity index (χ2n) is 14.2. The summed E-state index contributed by atoms with van der Waals surface area (Å²) in [6.45, 7) is 24.1. The Kier molecular flexibility index (Phi) is 15.8. The van der Waals surface area contributed by atoms with Crippen molar-refractivity contribution in [3.05, 3.63) is 83.4 Å². The van der Waals surface area contributed by atoms with Gasteiger partial charge in [-0.2, -0.15) is 0 Å². The fourth-order valence-electron chi connectivity index (χ4n) is 5.24. The largest absolute Gasteiger partial charge is 0.494 e. The molecule has 2 rings (SSSR count). The number of allylic oxidation sites excluding steroid dienone is 2. The maximum atomic E-state index is 12.8. The van der Waals surface area contributed by atoms with Crippen LogP contribution in [0.1, 0.15) is 116 Å². The van der Waals surface area contributed by atoms with Crippen molar-refractivity contribution < 1.29 is 29.1 Å². The van der Waals surface area contributed by atoms with Gasteiger partial charge in [0.05, 0.1) is 26.4 Å². The van der Waals surface area contributed by atoms with Gasteiger partial charge in [0.15, 0.2) is 5.41 Å². The normalized spacial score (nSPS) is 12.3. The number of carbonyl (C=O) groups excluding carboxylic acids is 2. The Morgan fingerprint density at radius 2 is 1.35 bits per heavy atom. The standard InChI is InChI=1S/C40H59NO5/c1-10-23-40(36(42)44-11-2,37(43)45-12-3)24-17-18-31-19-21-35(22-20-31)46-26-16-14-13-15-25-41-30-32-27-33(38(4,5)6)29-34(28-32)39(7,8)9/h10,17-22,27-29,41H,1,11-16,23-26,30H2,2-9H3/p+1/b18-17+. The number of hydrogen-bond acceptors (Lipinski definition) is 5. The molecule has 2 aromatic carbocycles. The number of benzene rings is 2. The molecule has 0 aliphatic carbocycles. The SMILES string of the molecule is C=CCC(C/C=C/c1ccc(OCCCCCC[NH2+]Cc2cc(C(C)(C)C)cc(C(C)(C)C)c2)cc1)(C(=O)OCC)C(=O)OCC. The average molecular weight is 635 g/mol. The van der Waals surface area contributed by atoms with Gasteiger partial charge in [-0.15, -0.1) is 6.58 Å². The molecular formula is C40H60NO5+. The van der Waals surface area contributed by atoms with Gasteiger partial charge < -0.3 is 19.5 Å². The van der Waals surface area contributed by atoms with Gasteiger partial charge in [-0.05, 0) is 104 Å². The molecule has 0 aliphatic rings. The summed E-state index contributed by atoms with van der Waals surface area (Å²) in [5.41, 5.74) is 4.07. The Morgan fingerprint density at radius 3 is 1.87 bits per heavy atom. The first kappa shape index (κ1) is 38.8. The Morgan fingerprint density at radius 1 is 0.783 bits per heavy atom. The Hall–Kier alpha value is -3.38. The zero-order valence-corrected chi connectivity index (χ0v) is 29.9. The van der Waals surface area contributed by atoms with E-state index in [1.54, 1.807) is 19.9 Å². The van der Waals surface area contributed by atoms with Crippen LogP contribution in [0, 0.1) is 5.41 Å². The molecule has 0 spiro atoms. The Bertz CT molecular complexity index is 1210. The summed E-state index contributed by atoms with van der Waals surface area (Å²) in [4.78, 5) is 25.6. The summed E-state index contributed by atoms with van der Waals surface area (Å²) in [5.74, 6) is -0.343. The van der Waals surface area contributed by atoms with Gasteiger partial charge >= 0.3 is 11.9 Å². The molecule has 0 fully saturated rings. The van der Waals surface area contributed by atoms with Gasteiger partial charge in [-0.3, -0.25) is 9.59 Å². The van der Waals surface area contributed by atoms with Crippen LogP contribution in [0.5, 0.6) is 5.75 Å². The van der Waals surface area contributed by atoms with Crippen LogP contribution in [0.15, 0.2) is 61.2 Å². The summed E-state index contributed by atoms with van der Waals surface area (Å²) in [7, 11) is 0. The minimum Gasteiger partial charge on any atom is -0.494 e. The van der Waals surface area contributed by atoms with Crippen molar-refractivity contribution in [2.45, 2.75) is 111 Å². The molecule has 0 radical (unpaired) electrons. The molecule has 0 saturated carbocycles. The number of hydrogen-bond donors (Lipinski definition) is 1. The molecule has 0 atom stereocenters. The molecule has 6 nitrogen and oxygen atoms in total. The third kappa shape index (κ3) is 12.4. The van der Waals surface area contributed by atoms with Gasteiger partial charge in [-0.25, -0.2) is 0 Å². The smallest absolute Gasteiger partial charge is 0.324 e. The van der Waals surface area contributed by atoms with E-state index < -0.39 is 17.4 Å². The minimum absolute atomic E-state index is 0.143. The van der Waals surface area contributed by atoms with E-state index in [1.807, 2.05) is 36.4 Å². The van der Waals surface area contributed by atoms with E-state index in [0.717, 1.165) is 37.2 Å². The van der Waals surface area contributed by atoms with Crippen molar-refractivity contribution >= 4 is 18.0 Å². The molecular weight excluding hydrogens is 574 g/mol. The lowest BCUT2D eigenvalue weighted by Crippen LogP contribution is -2.82. The highest BCUT2D eigenvalue weighted by atomic mass is 16.6.